The minimum absolute atomic E-state index is 0.0326. The second-order valence-electron chi connectivity index (χ2n) is 6.62. The van der Waals surface area contributed by atoms with Crippen LogP contribution in [0.25, 0.3) is 0 Å². The van der Waals surface area contributed by atoms with Crippen molar-refractivity contribution in [3.05, 3.63) is 78.3 Å². The van der Waals surface area contributed by atoms with E-state index >= 15 is 0 Å². The van der Waals surface area contributed by atoms with Crippen molar-refractivity contribution in [3.63, 3.8) is 0 Å². The van der Waals surface area contributed by atoms with Crippen molar-refractivity contribution in [3.8, 4) is 5.75 Å². The molecule has 3 rings (SSSR count). The molecule has 0 spiro atoms. The minimum Gasteiger partial charge on any atom is -0.494 e. The zero-order valence-electron chi connectivity index (χ0n) is 17.5. The normalized spacial score (nSPS) is 12.5. The van der Waals surface area contributed by atoms with Crippen LogP contribution in [0, 0.1) is 0 Å². The van der Waals surface area contributed by atoms with E-state index in [9.17, 15) is 16.8 Å². The Balaban J connectivity index is 1.67. The van der Waals surface area contributed by atoms with Crippen LogP contribution >= 0.6 is 0 Å². The molecule has 1 heterocycles. The van der Waals surface area contributed by atoms with Gasteiger partial charge in [0, 0.05) is 0 Å². The average Bonchev–Trinajstić information content (AvgIpc) is 3.31. The van der Waals surface area contributed by atoms with Crippen molar-refractivity contribution in [1.82, 2.24) is 9.55 Å². The predicted molar refractivity (Wildman–Crippen MR) is 119 cm³/mol. The summed E-state index contributed by atoms with van der Waals surface area (Å²) in [6.45, 7) is 3.96. The SMILES string of the molecule is CCOc1ccc(S(=O)(=O)N/N=C(\C)c2ccc(S(=O)(=O)NCc3ccco3)cc2)cc1. The molecule has 32 heavy (non-hydrogen) atoms. The lowest BCUT2D eigenvalue weighted by molar-refractivity contribution is 0.340. The van der Waals surface area contributed by atoms with Crippen molar-refractivity contribution < 1.29 is 26.0 Å². The smallest absolute Gasteiger partial charge is 0.276 e. The van der Waals surface area contributed by atoms with Crippen LogP contribution in [0.3, 0.4) is 0 Å². The van der Waals surface area contributed by atoms with Crippen molar-refractivity contribution in [2.75, 3.05) is 6.61 Å². The molecule has 0 amide bonds. The minimum atomic E-state index is -3.86. The molecular formula is C21H23N3O6S2. The molecule has 0 unspecified atom stereocenters. The summed E-state index contributed by atoms with van der Waals surface area (Å²) >= 11 is 0. The maximum Gasteiger partial charge on any atom is 0.276 e. The molecule has 170 valence electrons. The Morgan fingerprint density at radius 1 is 0.938 bits per heavy atom. The van der Waals surface area contributed by atoms with Gasteiger partial charge in [0.05, 0.1) is 34.9 Å². The maximum atomic E-state index is 12.4. The molecular weight excluding hydrogens is 454 g/mol. The van der Waals surface area contributed by atoms with Crippen LogP contribution in [0.5, 0.6) is 5.75 Å². The standard InChI is InChI=1S/C21H23N3O6S2/c1-3-29-18-8-12-21(13-9-18)32(27,28)24-23-16(2)17-6-10-20(11-7-17)31(25,26)22-15-19-5-4-14-30-19/h4-14,22,24H,3,15H2,1-2H3/b23-16+. The van der Waals surface area contributed by atoms with Gasteiger partial charge in [0.1, 0.15) is 11.5 Å². The molecule has 9 nitrogen and oxygen atoms in total. The molecule has 2 aromatic carbocycles. The van der Waals surface area contributed by atoms with Gasteiger partial charge in [-0.2, -0.15) is 18.4 Å². The highest BCUT2D eigenvalue weighted by Crippen LogP contribution is 2.16. The van der Waals surface area contributed by atoms with E-state index in [1.54, 1.807) is 43.3 Å². The van der Waals surface area contributed by atoms with Crippen LogP contribution in [0.1, 0.15) is 25.2 Å². The maximum absolute atomic E-state index is 12.4. The molecule has 0 aliphatic rings. The van der Waals surface area contributed by atoms with Crippen LogP contribution in [-0.2, 0) is 26.6 Å². The number of hydrogen-bond acceptors (Lipinski definition) is 7. The van der Waals surface area contributed by atoms with Gasteiger partial charge in [-0.1, -0.05) is 12.1 Å². The van der Waals surface area contributed by atoms with Crippen LogP contribution in [0.15, 0.2) is 86.2 Å². The van der Waals surface area contributed by atoms with E-state index in [1.165, 1.54) is 30.5 Å². The number of furan rings is 1. The van der Waals surface area contributed by atoms with E-state index in [0.717, 1.165) is 0 Å². The average molecular weight is 478 g/mol. The Hall–Kier alpha value is -3.15. The molecule has 0 aliphatic carbocycles. The van der Waals surface area contributed by atoms with Crippen LogP contribution in [-0.4, -0.2) is 29.2 Å². The third-order valence-corrected chi connectivity index (χ3v) is 7.02. The monoisotopic (exact) mass is 477 g/mol. The first-order valence-corrected chi connectivity index (χ1v) is 12.6. The zero-order valence-corrected chi connectivity index (χ0v) is 19.1. The van der Waals surface area contributed by atoms with E-state index in [-0.39, 0.29) is 16.3 Å². The van der Waals surface area contributed by atoms with Gasteiger partial charge in [-0.05, 0) is 67.9 Å². The first kappa shape index (κ1) is 23.5. The highest BCUT2D eigenvalue weighted by molar-refractivity contribution is 7.89. The summed E-state index contributed by atoms with van der Waals surface area (Å²) in [6.07, 6.45) is 1.46. The number of hydrogen-bond donors (Lipinski definition) is 2. The molecule has 0 radical (unpaired) electrons. The molecule has 1 aromatic heterocycles. The Morgan fingerprint density at radius 2 is 1.56 bits per heavy atom. The number of rotatable bonds is 10. The fourth-order valence-corrected chi connectivity index (χ4v) is 4.52. The molecule has 0 aliphatic heterocycles. The fraction of sp³-hybridized carbons (Fsp3) is 0.190. The highest BCUT2D eigenvalue weighted by atomic mass is 32.2. The summed E-state index contributed by atoms with van der Waals surface area (Å²) in [5, 5.41) is 3.93. The number of sulfonamides is 2. The fourth-order valence-electron chi connectivity index (χ4n) is 2.67. The number of ether oxygens (including phenoxy) is 1. The molecule has 2 N–H and O–H groups in total. The Labute approximate surface area is 187 Å². The first-order chi connectivity index (χ1) is 15.2. The number of hydrazone groups is 1. The Morgan fingerprint density at radius 3 is 2.16 bits per heavy atom. The van der Waals surface area contributed by atoms with Crippen molar-refractivity contribution >= 4 is 25.8 Å². The molecule has 11 heteroatoms. The summed E-state index contributed by atoms with van der Waals surface area (Å²) in [5.74, 6) is 1.06. The number of nitrogens with zero attached hydrogens (tertiary/aromatic N) is 1. The van der Waals surface area contributed by atoms with E-state index < -0.39 is 20.0 Å². The molecule has 3 aromatic rings. The molecule has 0 saturated heterocycles. The van der Waals surface area contributed by atoms with Crippen LogP contribution in [0.4, 0.5) is 0 Å². The van der Waals surface area contributed by atoms with Crippen molar-refractivity contribution in [1.29, 1.82) is 0 Å². The summed E-state index contributed by atoms with van der Waals surface area (Å²) in [7, 11) is -7.59. The summed E-state index contributed by atoms with van der Waals surface area (Å²) in [4.78, 5) is 2.29. The largest absolute Gasteiger partial charge is 0.494 e. The topological polar surface area (TPSA) is 127 Å². The van der Waals surface area contributed by atoms with Crippen molar-refractivity contribution in [2.45, 2.75) is 30.2 Å². The summed E-state index contributed by atoms with van der Waals surface area (Å²) in [6, 6.07) is 15.2. The Kier molecular flexibility index (Phi) is 7.33. The van der Waals surface area contributed by atoms with E-state index in [1.807, 2.05) is 6.92 Å². The quantitative estimate of drug-likeness (QED) is 0.341. The van der Waals surface area contributed by atoms with Crippen LogP contribution < -0.4 is 14.3 Å². The van der Waals surface area contributed by atoms with Gasteiger partial charge in [-0.25, -0.2) is 13.1 Å². The second kappa shape index (κ2) is 9.98. The van der Waals surface area contributed by atoms with Gasteiger partial charge < -0.3 is 9.15 Å². The molecule has 0 saturated carbocycles. The molecule has 0 bridgehead atoms. The van der Waals surface area contributed by atoms with Gasteiger partial charge in [0.25, 0.3) is 10.0 Å². The van der Waals surface area contributed by atoms with Crippen molar-refractivity contribution in [2.24, 2.45) is 5.10 Å². The first-order valence-electron chi connectivity index (χ1n) is 9.63. The lowest BCUT2D eigenvalue weighted by Gasteiger charge is -2.08. The number of nitrogens with one attached hydrogen (secondary N) is 2. The van der Waals surface area contributed by atoms with Gasteiger partial charge >= 0.3 is 0 Å². The van der Waals surface area contributed by atoms with Crippen LogP contribution in [0.2, 0.25) is 0 Å². The third kappa shape index (κ3) is 5.96. The second-order valence-corrected chi connectivity index (χ2v) is 10.1. The lowest BCUT2D eigenvalue weighted by atomic mass is 10.1. The molecule has 0 atom stereocenters. The third-order valence-electron chi connectivity index (χ3n) is 4.38. The molecule has 0 fully saturated rings. The lowest BCUT2D eigenvalue weighted by Crippen LogP contribution is -2.23. The summed E-state index contributed by atoms with van der Waals surface area (Å²) < 4.78 is 62.5. The zero-order chi connectivity index (χ0) is 23.2. The van der Waals surface area contributed by atoms with Gasteiger partial charge in [-0.15, -0.1) is 0 Å². The predicted octanol–water partition coefficient (Wildman–Crippen LogP) is 2.86. The Bertz CT molecular complexity index is 1270. The van der Waals surface area contributed by atoms with Gasteiger partial charge in [0.2, 0.25) is 10.0 Å². The van der Waals surface area contributed by atoms with Gasteiger partial charge in [-0.3, -0.25) is 0 Å². The summed E-state index contributed by atoms with van der Waals surface area (Å²) in [5.41, 5.74) is 0.927. The highest BCUT2D eigenvalue weighted by Gasteiger charge is 2.16. The van der Waals surface area contributed by atoms with E-state index in [0.29, 0.717) is 29.4 Å². The van der Waals surface area contributed by atoms with E-state index in [2.05, 4.69) is 14.7 Å². The number of benzene rings is 2. The van der Waals surface area contributed by atoms with Gasteiger partial charge in [0.15, 0.2) is 0 Å². The van der Waals surface area contributed by atoms with E-state index in [4.69, 9.17) is 9.15 Å².